The van der Waals surface area contributed by atoms with Crippen LogP contribution in [0.4, 0.5) is 13.2 Å². The highest BCUT2D eigenvalue weighted by Crippen LogP contribution is 2.33. The van der Waals surface area contributed by atoms with E-state index in [1.54, 1.807) is 18.2 Å². The van der Waals surface area contributed by atoms with Crippen LogP contribution in [-0.4, -0.2) is 18.5 Å². The quantitative estimate of drug-likeness (QED) is 0.869. The summed E-state index contributed by atoms with van der Waals surface area (Å²) in [6, 6.07) is 8.65. The summed E-state index contributed by atoms with van der Waals surface area (Å²) >= 11 is 0. The SMILES string of the molecule is COc1ncccc1-c1cc(C#N)cc(OC(F)(F)F)c1. The largest absolute Gasteiger partial charge is 0.573 e. The third kappa shape index (κ3) is 3.63. The minimum absolute atomic E-state index is 0.0395. The van der Waals surface area contributed by atoms with Gasteiger partial charge in [-0.2, -0.15) is 5.26 Å². The highest BCUT2D eigenvalue weighted by molar-refractivity contribution is 5.71. The van der Waals surface area contributed by atoms with Gasteiger partial charge >= 0.3 is 6.36 Å². The van der Waals surface area contributed by atoms with Crippen LogP contribution in [-0.2, 0) is 0 Å². The number of nitrogens with zero attached hydrogens (tertiary/aromatic N) is 2. The fourth-order valence-corrected chi connectivity index (χ4v) is 1.78. The molecule has 0 fully saturated rings. The molecule has 4 nitrogen and oxygen atoms in total. The van der Waals surface area contributed by atoms with Crippen molar-refractivity contribution in [3.8, 4) is 28.8 Å². The predicted molar refractivity (Wildman–Crippen MR) is 67.6 cm³/mol. The average molecular weight is 294 g/mol. The minimum Gasteiger partial charge on any atom is -0.481 e. The lowest BCUT2D eigenvalue weighted by molar-refractivity contribution is -0.274. The van der Waals surface area contributed by atoms with Gasteiger partial charge in [0.2, 0.25) is 5.88 Å². The van der Waals surface area contributed by atoms with E-state index in [2.05, 4.69) is 9.72 Å². The van der Waals surface area contributed by atoms with Crippen LogP contribution in [0.15, 0.2) is 36.5 Å². The molecule has 2 aromatic rings. The molecule has 0 aliphatic carbocycles. The van der Waals surface area contributed by atoms with Gasteiger partial charge in [0.1, 0.15) is 5.75 Å². The van der Waals surface area contributed by atoms with E-state index >= 15 is 0 Å². The second-order valence-electron chi connectivity index (χ2n) is 3.97. The van der Waals surface area contributed by atoms with Crippen LogP contribution in [0.25, 0.3) is 11.1 Å². The number of halogens is 3. The number of pyridine rings is 1. The second-order valence-corrected chi connectivity index (χ2v) is 3.97. The number of rotatable bonds is 3. The van der Waals surface area contributed by atoms with Crippen LogP contribution in [0.5, 0.6) is 11.6 Å². The smallest absolute Gasteiger partial charge is 0.481 e. The van der Waals surface area contributed by atoms with E-state index < -0.39 is 12.1 Å². The van der Waals surface area contributed by atoms with Gasteiger partial charge in [-0.3, -0.25) is 0 Å². The molecule has 2 rings (SSSR count). The van der Waals surface area contributed by atoms with Crippen molar-refractivity contribution in [3.05, 3.63) is 42.1 Å². The molecule has 0 saturated carbocycles. The summed E-state index contributed by atoms with van der Waals surface area (Å²) in [5.74, 6) is -0.229. The van der Waals surface area contributed by atoms with Gasteiger partial charge < -0.3 is 9.47 Å². The third-order valence-electron chi connectivity index (χ3n) is 2.54. The van der Waals surface area contributed by atoms with Gasteiger partial charge in [-0.1, -0.05) is 0 Å². The number of methoxy groups -OCH3 is 1. The van der Waals surface area contributed by atoms with Crippen molar-refractivity contribution in [2.45, 2.75) is 6.36 Å². The number of hydrogen-bond donors (Lipinski definition) is 0. The maximum Gasteiger partial charge on any atom is 0.573 e. The molecule has 0 aliphatic heterocycles. The Morgan fingerprint density at radius 2 is 2.00 bits per heavy atom. The monoisotopic (exact) mass is 294 g/mol. The van der Waals surface area contributed by atoms with E-state index in [0.29, 0.717) is 11.1 Å². The van der Waals surface area contributed by atoms with Crippen LogP contribution in [0.3, 0.4) is 0 Å². The first kappa shape index (κ1) is 14.7. The van der Waals surface area contributed by atoms with E-state index in [9.17, 15) is 13.2 Å². The number of ether oxygens (including phenoxy) is 2. The van der Waals surface area contributed by atoms with E-state index in [0.717, 1.165) is 6.07 Å². The molecule has 108 valence electrons. The first-order chi connectivity index (χ1) is 9.93. The number of nitriles is 1. The van der Waals surface area contributed by atoms with Crippen molar-refractivity contribution < 1.29 is 22.6 Å². The number of hydrogen-bond acceptors (Lipinski definition) is 4. The Labute approximate surface area is 118 Å². The minimum atomic E-state index is -4.83. The zero-order valence-electron chi connectivity index (χ0n) is 10.8. The number of benzene rings is 1. The van der Waals surface area contributed by atoms with Crippen molar-refractivity contribution in [3.63, 3.8) is 0 Å². The summed E-state index contributed by atoms with van der Waals surface area (Å²) in [5, 5.41) is 8.92. The van der Waals surface area contributed by atoms with Crippen LogP contribution in [0.1, 0.15) is 5.56 Å². The topological polar surface area (TPSA) is 55.1 Å². The molecular weight excluding hydrogens is 285 g/mol. The highest BCUT2D eigenvalue weighted by atomic mass is 19.4. The van der Waals surface area contributed by atoms with E-state index in [-0.39, 0.29) is 11.4 Å². The zero-order valence-corrected chi connectivity index (χ0v) is 10.8. The van der Waals surface area contributed by atoms with Crippen LogP contribution in [0.2, 0.25) is 0 Å². The Morgan fingerprint density at radius 1 is 1.24 bits per heavy atom. The van der Waals surface area contributed by atoms with E-state index in [1.807, 2.05) is 0 Å². The lowest BCUT2D eigenvalue weighted by Crippen LogP contribution is -2.17. The maximum absolute atomic E-state index is 12.3. The van der Waals surface area contributed by atoms with Gasteiger partial charge in [0.25, 0.3) is 0 Å². The molecule has 1 heterocycles. The Kier molecular flexibility index (Phi) is 3.98. The van der Waals surface area contributed by atoms with E-state index in [4.69, 9.17) is 10.00 Å². The Morgan fingerprint density at radius 3 is 2.62 bits per heavy atom. The Hall–Kier alpha value is -2.75. The molecule has 0 saturated heterocycles. The van der Waals surface area contributed by atoms with Crippen LogP contribution in [0, 0.1) is 11.3 Å². The molecule has 0 spiro atoms. The molecule has 7 heteroatoms. The van der Waals surface area contributed by atoms with Crippen molar-refractivity contribution >= 4 is 0 Å². The van der Waals surface area contributed by atoms with Crippen LogP contribution >= 0.6 is 0 Å². The molecule has 0 bridgehead atoms. The predicted octanol–water partition coefficient (Wildman–Crippen LogP) is 3.53. The van der Waals surface area contributed by atoms with Gasteiger partial charge in [0.15, 0.2) is 0 Å². The molecule has 0 amide bonds. The molecule has 21 heavy (non-hydrogen) atoms. The van der Waals surface area contributed by atoms with Gasteiger partial charge in [-0.25, -0.2) is 4.98 Å². The first-order valence-corrected chi connectivity index (χ1v) is 5.73. The van der Waals surface area contributed by atoms with Crippen molar-refractivity contribution in [1.82, 2.24) is 4.98 Å². The summed E-state index contributed by atoms with van der Waals surface area (Å²) in [5.41, 5.74) is 0.847. The summed E-state index contributed by atoms with van der Waals surface area (Å²) < 4.78 is 45.9. The lowest BCUT2D eigenvalue weighted by Gasteiger charge is -2.12. The van der Waals surface area contributed by atoms with Gasteiger partial charge in [0.05, 0.1) is 18.7 Å². The highest BCUT2D eigenvalue weighted by Gasteiger charge is 2.31. The van der Waals surface area contributed by atoms with Gasteiger partial charge in [0, 0.05) is 11.8 Å². The Balaban J connectivity index is 2.54. The molecule has 0 aliphatic rings. The third-order valence-corrected chi connectivity index (χ3v) is 2.54. The lowest BCUT2D eigenvalue weighted by atomic mass is 10.0. The molecular formula is C14H9F3N2O2. The maximum atomic E-state index is 12.3. The average Bonchev–Trinajstić information content (AvgIpc) is 2.45. The summed E-state index contributed by atoms with van der Waals surface area (Å²) in [6.07, 6.45) is -3.34. The number of alkyl halides is 3. The zero-order chi connectivity index (χ0) is 15.5. The summed E-state index contributed by atoms with van der Waals surface area (Å²) in [6.45, 7) is 0. The normalized spacial score (nSPS) is 10.8. The molecule has 0 atom stereocenters. The van der Waals surface area contributed by atoms with Crippen molar-refractivity contribution in [2.24, 2.45) is 0 Å². The van der Waals surface area contributed by atoms with Gasteiger partial charge in [-0.05, 0) is 35.9 Å². The molecule has 1 aromatic heterocycles. The molecule has 0 radical (unpaired) electrons. The number of aromatic nitrogens is 1. The van der Waals surface area contributed by atoms with Gasteiger partial charge in [-0.15, -0.1) is 13.2 Å². The molecule has 1 aromatic carbocycles. The standard InChI is InChI=1S/C14H9F3N2O2/c1-20-13-12(3-2-4-19-13)10-5-9(8-18)6-11(7-10)21-14(15,16)17/h2-7H,1H3. The summed E-state index contributed by atoms with van der Waals surface area (Å²) in [4.78, 5) is 3.97. The fourth-order valence-electron chi connectivity index (χ4n) is 1.78. The van der Waals surface area contributed by atoms with E-state index in [1.165, 1.54) is 25.4 Å². The summed E-state index contributed by atoms with van der Waals surface area (Å²) in [7, 11) is 1.40. The Bertz CT molecular complexity index is 693. The van der Waals surface area contributed by atoms with Crippen molar-refractivity contribution in [2.75, 3.05) is 7.11 Å². The first-order valence-electron chi connectivity index (χ1n) is 5.73. The molecule has 0 N–H and O–H groups in total. The van der Waals surface area contributed by atoms with Crippen molar-refractivity contribution in [1.29, 1.82) is 5.26 Å². The van der Waals surface area contributed by atoms with Crippen LogP contribution < -0.4 is 9.47 Å². The molecule has 0 unspecified atom stereocenters. The second kappa shape index (κ2) is 5.71. The fraction of sp³-hybridized carbons (Fsp3) is 0.143.